The lowest BCUT2D eigenvalue weighted by Gasteiger charge is -2.36. The monoisotopic (exact) mass is 471 g/mol. The molecule has 0 saturated carbocycles. The van der Waals surface area contributed by atoms with Crippen molar-refractivity contribution in [3.8, 4) is 0 Å². The second-order valence-electron chi connectivity index (χ2n) is 6.90. The Kier molecular flexibility index (Phi) is 7.27. The lowest BCUT2D eigenvalue weighted by Crippen LogP contribution is -2.46. The molecule has 0 bridgehead atoms. The molecule has 0 spiro atoms. The van der Waals surface area contributed by atoms with E-state index in [0.717, 1.165) is 62.3 Å². The number of carbonyl (C=O) groups is 2. The van der Waals surface area contributed by atoms with Gasteiger partial charge in [-0.05, 0) is 53.5 Å². The average Bonchev–Trinajstić information content (AvgIpc) is 2.67. The summed E-state index contributed by atoms with van der Waals surface area (Å²) >= 11 is 2.13. The molecule has 0 radical (unpaired) electrons. The van der Waals surface area contributed by atoms with Gasteiger partial charge in [-0.15, -0.1) is 0 Å². The molecule has 0 atom stereocenters. The summed E-state index contributed by atoms with van der Waals surface area (Å²) in [5.74, 6) is 0.470. The highest BCUT2D eigenvalue weighted by Crippen LogP contribution is 2.19. The van der Waals surface area contributed by atoms with E-state index in [4.69, 9.17) is 4.74 Å². The van der Waals surface area contributed by atoms with Gasteiger partial charge in [-0.2, -0.15) is 0 Å². The minimum absolute atomic E-state index is 0.00844. The van der Waals surface area contributed by atoms with E-state index < -0.39 is 0 Å². The minimum Gasteiger partial charge on any atom is -0.379 e. The molecule has 1 aromatic carbocycles. The summed E-state index contributed by atoms with van der Waals surface area (Å²) in [6.07, 6.45) is 2.07. The van der Waals surface area contributed by atoms with Crippen molar-refractivity contribution in [2.24, 2.45) is 5.92 Å². The van der Waals surface area contributed by atoms with E-state index in [9.17, 15) is 9.59 Å². The number of hydrogen-bond donors (Lipinski definition) is 1. The predicted octanol–water partition coefficient (Wildman–Crippen LogP) is 1.59. The molecular weight excluding hydrogens is 445 g/mol. The van der Waals surface area contributed by atoms with Gasteiger partial charge in [0.05, 0.1) is 25.3 Å². The molecule has 2 fully saturated rings. The summed E-state index contributed by atoms with van der Waals surface area (Å²) in [4.78, 5) is 29.0. The van der Waals surface area contributed by atoms with Gasteiger partial charge in [-0.3, -0.25) is 14.5 Å². The van der Waals surface area contributed by atoms with E-state index in [1.807, 2.05) is 23.1 Å². The first-order valence-corrected chi connectivity index (χ1v) is 10.3. The smallest absolute Gasteiger partial charge is 0.252 e. The lowest BCUT2D eigenvalue weighted by atomic mass is 9.96. The standard InChI is InChI=1S/C19H26IN3O3/c20-17-4-2-1-3-16(17)19(25)21-13-18(24)23-7-5-15(6-8-23)14-22-9-11-26-12-10-22/h1-4,15H,5-14H2,(H,21,25). The van der Waals surface area contributed by atoms with Crippen LogP contribution in [-0.2, 0) is 9.53 Å². The normalized spacial score (nSPS) is 19.3. The fraction of sp³-hybridized carbons (Fsp3) is 0.579. The summed E-state index contributed by atoms with van der Waals surface area (Å²) in [5, 5.41) is 2.76. The van der Waals surface area contributed by atoms with Crippen molar-refractivity contribution in [3.05, 3.63) is 33.4 Å². The van der Waals surface area contributed by atoms with Crippen LogP contribution in [0, 0.1) is 9.49 Å². The molecule has 26 heavy (non-hydrogen) atoms. The van der Waals surface area contributed by atoms with E-state index in [-0.39, 0.29) is 18.4 Å². The molecule has 2 aliphatic heterocycles. The molecule has 6 nitrogen and oxygen atoms in total. The maximum absolute atomic E-state index is 12.4. The zero-order valence-corrected chi connectivity index (χ0v) is 17.1. The van der Waals surface area contributed by atoms with Crippen LogP contribution in [0.2, 0.25) is 0 Å². The largest absolute Gasteiger partial charge is 0.379 e. The SMILES string of the molecule is O=C(NCC(=O)N1CCC(CN2CCOCC2)CC1)c1ccccc1I. The fourth-order valence-corrected chi connectivity index (χ4v) is 4.15. The third-order valence-corrected chi connectivity index (χ3v) is 6.05. The van der Waals surface area contributed by atoms with Gasteiger partial charge < -0.3 is 15.0 Å². The molecule has 0 aliphatic carbocycles. The maximum atomic E-state index is 12.4. The van der Waals surface area contributed by atoms with Gasteiger partial charge in [-0.1, -0.05) is 12.1 Å². The van der Waals surface area contributed by atoms with Gasteiger partial charge in [0.1, 0.15) is 0 Å². The van der Waals surface area contributed by atoms with Crippen LogP contribution in [0.4, 0.5) is 0 Å². The van der Waals surface area contributed by atoms with Crippen molar-refractivity contribution >= 4 is 34.4 Å². The van der Waals surface area contributed by atoms with Crippen molar-refractivity contribution in [2.45, 2.75) is 12.8 Å². The minimum atomic E-state index is -0.189. The van der Waals surface area contributed by atoms with Crippen LogP contribution in [-0.4, -0.2) is 74.1 Å². The molecular formula is C19H26IN3O3. The van der Waals surface area contributed by atoms with Gasteiger partial charge in [0.25, 0.3) is 5.91 Å². The van der Waals surface area contributed by atoms with E-state index in [0.29, 0.717) is 11.5 Å². The first kappa shape index (κ1) is 19.6. The highest BCUT2D eigenvalue weighted by Gasteiger charge is 2.25. The molecule has 2 heterocycles. The van der Waals surface area contributed by atoms with Crippen LogP contribution < -0.4 is 5.32 Å². The molecule has 2 aliphatic rings. The number of carbonyl (C=O) groups excluding carboxylic acids is 2. The summed E-state index contributed by atoms with van der Waals surface area (Å²) in [7, 11) is 0. The number of morpholine rings is 1. The molecule has 142 valence electrons. The van der Waals surface area contributed by atoms with Crippen LogP contribution in [0.15, 0.2) is 24.3 Å². The number of benzene rings is 1. The fourth-order valence-electron chi connectivity index (χ4n) is 3.52. The van der Waals surface area contributed by atoms with Crippen molar-refractivity contribution in [3.63, 3.8) is 0 Å². The molecule has 1 aromatic rings. The summed E-state index contributed by atoms with van der Waals surface area (Å²) in [5.41, 5.74) is 0.616. The third-order valence-electron chi connectivity index (χ3n) is 5.11. The molecule has 7 heteroatoms. The van der Waals surface area contributed by atoms with Crippen molar-refractivity contribution in [1.29, 1.82) is 0 Å². The number of piperidine rings is 1. The number of rotatable bonds is 5. The van der Waals surface area contributed by atoms with Gasteiger partial charge in [0.2, 0.25) is 5.91 Å². The van der Waals surface area contributed by atoms with Crippen LogP contribution in [0.25, 0.3) is 0 Å². The molecule has 0 unspecified atom stereocenters. The number of halogens is 1. The summed E-state index contributed by atoms with van der Waals surface area (Å²) in [6, 6.07) is 7.39. The second-order valence-corrected chi connectivity index (χ2v) is 8.06. The number of likely N-dealkylation sites (tertiary alicyclic amines) is 1. The van der Waals surface area contributed by atoms with Gasteiger partial charge in [0.15, 0.2) is 0 Å². The Morgan fingerprint density at radius 1 is 1.12 bits per heavy atom. The van der Waals surface area contributed by atoms with E-state index in [2.05, 4.69) is 32.8 Å². The van der Waals surface area contributed by atoms with Gasteiger partial charge in [-0.25, -0.2) is 0 Å². The Morgan fingerprint density at radius 2 is 1.81 bits per heavy atom. The van der Waals surface area contributed by atoms with Crippen molar-refractivity contribution < 1.29 is 14.3 Å². The van der Waals surface area contributed by atoms with Crippen LogP contribution >= 0.6 is 22.6 Å². The van der Waals surface area contributed by atoms with Crippen molar-refractivity contribution in [1.82, 2.24) is 15.1 Å². The number of ether oxygens (including phenoxy) is 1. The number of nitrogens with zero attached hydrogens (tertiary/aromatic N) is 2. The first-order chi connectivity index (χ1) is 12.6. The second kappa shape index (κ2) is 9.66. The maximum Gasteiger partial charge on any atom is 0.252 e. The highest BCUT2D eigenvalue weighted by atomic mass is 127. The van der Waals surface area contributed by atoms with E-state index >= 15 is 0 Å². The Bertz CT molecular complexity index is 626. The highest BCUT2D eigenvalue weighted by molar-refractivity contribution is 14.1. The Morgan fingerprint density at radius 3 is 2.50 bits per heavy atom. The van der Waals surface area contributed by atoms with Gasteiger partial charge >= 0.3 is 0 Å². The molecule has 1 N–H and O–H groups in total. The number of nitrogens with one attached hydrogen (secondary N) is 1. The first-order valence-electron chi connectivity index (χ1n) is 9.24. The quantitative estimate of drug-likeness (QED) is 0.663. The topological polar surface area (TPSA) is 61.9 Å². The van der Waals surface area contributed by atoms with Crippen LogP contribution in [0.5, 0.6) is 0 Å². The predicted molar refractivity (Wildman–Crippen MR) is 108 cm³/mol. The van der Waals surface area contributed by atoms with Crippen LogP contribution in [0.1, 0.15) is 23.2 Å². The van der Waals surface area contributed by atoms with Crippen molar-refractivity contribution in [2.75, 3.05) is 52.5 Å². The lowest BCUT2D eigenvalue weighted by molar-refractivity contribution is -0.131. The average molecular weight is 471 g/mol. The Hall–Kier alpha value is -1.19. The molecule has 2 saturated heterocycles. The number of amides is 2. The molecule has 0 aromatic heterocycles. The van der Waals surface area contributed by atoms with Gasteiger partial charge in [0, 0.05) is 36.3 Å². The van der Waals surface area contributed by atoms with Crippen LogP contribution in [0.3, 0.4) is 0 Å². The Labute approximate surface area is 168 Å². The summed E-state index contributed by atoms with van der Waals surface area (Å²) < 4.78 is 6.28. The zero-order valence-electron chi connectivity index (χ0n) is 15.0. The zero-order chi connectivity index (χ0) is 18.4. The summed E-state index contributed by atoms with van der Waals surface area (Å²) in [6.45, 7) is 6.44. The molecule has 2 amide bonds. The Balaban J connectivity index is 1.39. The number of hydrogen-bond acceptors (Lipinski definition) is 4. The van der Waals surface area contributed by atoms with E-state index in [1.165, 1.54) is 0 Å². The van der Waals surface area contributed by atoms with E-state index in [1.54, 1.807) is 6.07 Å². The third kappa shape index (κ3) is 5.40. The molecule has 3 rings (SSSR count).